The zero-order valence-corrected chi connectivity index (χ0v) is 12.0. The van der Waals surface area contributed by atoms with E-state index in [1.165, 1.54) is 0 Å². The Kier molecular flexibility index (Phi) is 2.68. The van der Waals surface area contributed by atoms with Crippen LogP contribution in [0.4, 0.5) is 0 Å². The number of rotatable bonds is 2. The highest BCUT2D eigenvalue weighted by molar-refractivity contribution is 9.10. The molecular weight excluding hydrogens is 308 g/mol. The van der Waals surface area contributed by atoms with Gasteiger partial charge in [0.25, 0.3) is 0 Å². The predicted molar refractivity (Wildman–Crippen MR) is 70.9 cm³/mol. The Bertz CT molecular complexity index is 673. The minimum atomic E-state index is -0.0973. The van der Waals surface area contributed by atoms with Crippen LogP contribution in [0.1, 0.15) is 25.7 Å². The Morgan fingerprint density at radius 2 is 2.26 bits per heavy atom. The molecule has 0 bridgehead atoms. The van der Waals surface area contributed by atoms with Crippen LogP contribution in [0.2, 0.25) is 0 Å². The van der Waals surface area contributed by atoms with Crippen LogP contribution in [0.15, 0.2) is 27.3 Å². The summed E-state index contributed by atoms with van der Waals surface area (Å²) in [7, 11) is 0. The molecule has 0 saturated heterocycles. The Morgan fingerprint density at radius 3 is 2.89 bits per heavy atom. The minimum absolute atomic E-state index is 0.0150. The first-order valence-electron chi connectivity index (χ1n) is 5.90. The summed E-state index contributed by atoms with van der Waals surface area (Å²) in [5, 5.41) is 13.0. The fourth-order valence-corrected chi connectivity index (χ4v) is 2.78. The number of hydrogen-bond acceptors (Lipinski definition) is 5. The van der Waals surface area contributed by atoms with E-state index in [2.05, 4.69) is 37.1 Å². The fourth-order valence-electron chi connectivity index (χ4n) is 2.35. The van der Waals surface area contributed by atoms with Gasteiger partial charge in [-0.3, -0.25) is 4.98 Å². The lowest BCUT2D eigenvalue weighted by Crippen LogP contribution is -1.91. The average Bonchev–Trinajstić information content (AvgIpc) is 2.75. The van der Waals surface area contributed by atoms with Gasteiger partial charge in [-0.25, -0.2) is 0 Å². The summed E-state index contributed by atoms with van der Waals surface area (Å²) in [6.07, 6.45) is 1.68. The van der Waals surface area contributed by atoms with Crippen LogP contribution in [0.25, 0.3) is 11.5 Å². The lowest BCUT2D eigenvalue weighted by molar-refractivity contribution is 0.368. The van der Waals surface area contributed by atoms with Gasteiger partial charge in [-0.15, -0.1) is 0 Å². The third kappa shape index (κ3) is 1.85. The van der Waals surface area contributed by atoms with Crippen molar-refractivity contribution in [2.45, 2.75) is 19.8 Å². The van der Waals surface area contributed by atoms with E-state index in [0.717, 1.165) is 4.47 Å². The second-order valence-electron chi connectivity index (χ2n) is 5.20. The van der Waals surface area contributed by atoms with Crippen molar-refractivity contribution in [3.63, 3.8) is 0 Å². The van der Waals surface area contributed by atoms with Gasteiger partial charge in [0.15, 0.2) is 0 Å². The van der Waals surface area contributed by atoms with Crippen molar-refractivity contribution in [3.05, 3.63) is 28.7 Å². The van der Waals surface area contributed by atoms with Crippen LogP contribution in [0.3, 0.4) is 0 Å². The highest BCUT2D eigenvalue weighted by atomic mass is 79.9. The van der Waals surface area contributed by atoms with Gasteiger partial charge in [0.05, 0.1) is 17.9 Å². The van der Waals surface area contributed by atoms with Gasteiger partial charge in [-0.05, 0) is 33.5 Å². The van der Waals surface area contributed by atoms with Gasteiger partial charge >= 0.3 is 0 Å². The van der Waals surface area contributed by atoms with Crippen molar-refractivity contribution in [2.75, 3.05) is 0 Å². The molecule has 0 amide bonds. The largest absolute Gasteiger partial charge is 0.339 e. The molecule has 0 N–H and O–H groups in total. The van der Waals surface area contributed by atoms with Gasteiger partial charge in [-0.2, -0.15) is 10.2 Å². The molecule has 1 aliphatic rings. The molecule has 2 heterocycles. The normalized spacial score (nSPS) is 23.9. The van der Waals surface area contributed by atoms with Gasteiger partial charge in [0.1, 0.15) is 5.69 Å². The monoisotopic (exact) mass is 318 g/mol. The van der Waals surface area contributed by atoms with E-state index >= 15 is 0 Å². The van der Waals surface area contributed by atoms with Gasteiger partial charge in [0, 0.05) is 10.7 Å². The number of hydrogen-bond donors (Lipinski definition) is 0. The standard InChI is InChI=1S/C13H11BrN4O/c1-13(2)7(6-15)9(13)12-17-11(18-19-12)10-8(14)4-3-5-16-10/h3-5,7,9H,1-2H3. The topological polar surface area (TPSA) is 75.6 Å². The summed E-state index contributed by atoms with van der Waals surface area (Å²) in [6, 6.07) is 5.98. The maximum absolute atomic E-state index is 9.08. The fraction of sp³-hybridized carbons (Fsp3) is 0.385. The molecule has 19 heavy (non-hydrogen) atoms. The number of aromatic nitrogens is 3. The molecule has 6 heteroatoms. The number of pyridine rings is 1. The maximum Gasteiger partial charge on any atom is 0.232 e. The quantitative estimate of drug-likeness (QED) is 0.850. The molecule has 2 aromatic rings. The second-order valence-corrected chi connectivity index (χ2v) is 6.05. The first-order chi connectivity index (χ1) is 9.05. The summed E-state index contributed by atoms with van der Waals surface area (Å²) >= 11 is 3.41. The van der Waals surface area contributed by atoms with Crippen molar-refractivity contribution in [1.29, 1.82) is 5.26 Å². The minimum Gasteiger partial charge on any atom is -0.339 e. The maximum atomic E-state index is 9.08. The molecule has 2 unspecified atom stereocenters. The van der Waals surface area contributed by atoms with Gasteiger partial charge in [0.2, 0.25) is 11.7 Å². The molecule has 96 valence electrons. The van der Waals surface area contributed by atoms with E-state index in [4.69, 9.17) is 9.78 Å². The SMILES string of the molecule is CC1(C)C(C#N)C1c1nc(-c2ncccc2Br)no1. The average molecular weight is 319 g/mol. The van der Waals surface area contributed by atoms with Crippen molar-refractivity contribution < 1.29 is 4.52 Å². The lowest BCUT2D eigenvalue weighted by Gasteiger charge is -1.96. The second kappa shape index (κ2) is 4.14. The van der Waals surface area contributed by atoms with Crippen molar-refractivity contribution >= 4 is 15.9 Å². The van der Waals surface area contributed by atoms with Crippen molar-refractivity contribution in [2.24, 2.45) is 11.3 Å². The van der Waals surface area contributed by atoms with E-state index in [-0.39, 0.29) is 17.3 Å². The van der Waals surface area contributed by atoms with Gasteiger partial charge in [-0.1, -0.05) is 19.0 Å². The highest BCUT2D eigenvalue weighted by Crippen LogP contribution is 2.63. The summed E-state index contributed by atoms with van der Waals surface area (Å²) in [6.45, 7) is 4.07. The molecule has 0 aromatic carbocycles. The van der Waals surface area contributed by atoms with Crippen molar-refractivity contribution in [1.82, 2.24) is 15.1 Å². The molecule has 1 aliphatic carbocycles. The summed E-state index contributed by atoms with van der Waals surface area (Å²) in [4.78, 5) is 8.60. The van der Waals surface area contributed by atoms with Crippen LogP contribution in [-0.4, -0.2) is 15.1 Å². The van der Waals surface area contributed by atoms with Crippen LogP contribution in [0.5, 0.6) is 0 Å². The van der Waals surface area contributed by atoms with Crippen LogP contribution < -0.4 is 0 Å². The molecule has 3 rings (SSSR count). The molecule has 5 nitrogen and oxygen atoms in total. The van der Waals surface area contributed by atoms with Gasteiger partial charge < -0.3 is 4.52 Å². The molecule has 1 saturated carbocycles. The molecule has 2 atom stereocenters. The van der Waals surface area contributed by atoms with E-state index in [1.54, 1.807) is 6.20 Å². The Labute approximate surface area is 118 Å². The number of nitrogens with zero attached hydrogens (tertiary/aromatic N) is 4. The first kappa shape index (κ1) is 12.3. The number of halogens is 1. The first-order valence-corrected chi connectivity index (χ1v) is 6.69. The van der Waals surface area contributed by atoms with Crippen LogP contribution >= 0.6 is 15.9 Å². The Balaban J connectivity index is 1.94. The predicted octanol–water partition coefficient (Wildman–Crippen LogP) is 3.16. The molecule has 0 radical (unpaired) electrons. The van der Waals surface area contributed by atoms with Crippen LogP contribution in [-0.2, 0) is 0 Å². The van der Waals surface area contributed by atoms with Crippen LogP contribution in [0, 0.1) is 22.7 Å². The summed E-state index contributed by atoms with van der Waals surface area (Å²) < 4.78 is 6.11. The highest BCUT2D eigenvalue weighted by Gasteiger charge is 2.62. The lowest BCUT2D eigenvalue weighted by atomic mass is 10.1. The molecule has 1 fully saturated rings. The summed E-state index contributed by atoms with van der Waals surface area (Å²) in [5.41, 5.74) is 0.546. The van der Waals surface area contributed by atoms with E-state index in [0.29, 0.717) is 17.4 Å². The molecule has 0 aliphatic heterocycles. The Morgan fingerprint density at radius 1 is 1.47 bits per heavy atom. The zero-order valence-electron chi connectivity index (χ0n) is 10.5. The van der Waals surface area contributed by atoms with Crippen molar-refractivity contribution in [3.8, 4) is 17.6 Å². The molecule has 2 aromatic heterocycles. The van der Waals surface area contributed by atoms with E-state index < -0.39 is 0 Å². The third-order valence-corrected chi connectivity index (χ3v) is 4.28. The molecule has 0 spiro atoms. The van der Waals surface area contributed by atoms with E-state index in [9.17, 15) is 0 Å². The van der Waals surface area contributed by atoms with E-state index in [1.807, 2.05) is 26.0 Å². The Hall–Kier alpha value is -1.74. The smallest absolute Gasteiger partial charge is 0.232 e. The molecular formula is C13H11BrN4O. The zero-order chi connectivity index (χ0) is 13.6. The number of nitriles is 1. The third-order valence-electron chi connectivity index (χ3n) is 3.64. The summed E-state index contributed by atoms with van der Waals surface area (Å²) in [5.74, 6) is 0.917.